The van der Waals surface area contributed by atoms with Crippen LogP contribution in [0.5, 0.6) is 0 Å². The molecule has 16 heavy (non-hydrogen) atoms. The van der Waals surface area contributed by atoms with Crippen LogP contribution in [0.15, 0.2) is 0 Å². The summed E-state index contributed by atoms with van der Waals surface area (Å²) >= 11 is 0. The van der Waals surface area contributed by atoms with Gasteiger partial charge < -0.3 is 16.0 Å². The van der Waals surface area contributed by atoms with Crippen molar-refractivity contribution in [2.75, 3.05) is 13.6 Å². The largest absolute Gasteiger partial charge is 0.352 e. The van der Waals surface area contributed by atoms with Crippen molar-refractivity contribution in [2.24, 2.45) is 5.73 Å². The highest BCUT2D eigenvalue weighted by atomic mass is 16.2. The van der Waals surface area contributed by atoms with Crippen LogP contribution in [0.4, 0.5) is 0 Å². The van der Waals surface area contributed by atoms with Gasteiger partial charge in [0.15, 0.2) is 0 Å². The van der Waals surface area contributed by atoms with Crippen LogP contribution in [0, 0.1) is 12.3 Å². The van der Waals surface area contributed by atoms with Crippen molar-refractivity contribution in [3.05, 3.63) is 0 Å². The molecule has 0 aromatic heterocycles. The molecule has 0 aromatic carbocycles. The zero-order chi connectivity index (χ0) is 12.1. The summed E-state index contributed by atoms with van der Waals surface area (Å²) in [5.41, 5.74) is 5.55. The average molecular weight is 223 g/mol. The zero-order valence-electron chi connectivity index (χ0n) is 9.40. The van der Waals surface area contributed by atoms with Crippen molar-refractivity contribution in [3.63, 3.8) is 0 Å². The number of carbonyl (C=O) groups excluding carboxylic acids is 2. The number of nitrogens with one attached hydrogen (secondary N) is 1. The average Bonchev–Trinajstić information content (AvgIpc) is 3.00. The fourth-order valence-corrected chi connectivity index (χ4v) is 1.29. The van der Waals surface area contributed by atoms with Crippen LogP contribution >= 0.6 is 0 Å². The Labute approximate surface area is 95.4 Å². The third kappa shape index (κ3) is 3.91. The molecule has 88 valence electrons. The Morgan fingerprint density at radius 3 is 2.75 bits per heavy atom. The molecule has 0 heterocycles. The van der Waals surface area contributed by atoms with Crippen LogP contribution in [0.2, 0.25) is 0 Å². The Hall–Kier alpha value is -1.54. The van der Waals surface area contributed by atoms with E-state index in [1.165, 1.54) is 4.90 Å². The van der Waals surface area contributed by atoms with E-state index in [0.29, 0.717) is 6.04 Å². The van der Waals surface area contributed by atoms with Crippen LogP contribution in [-0.2, 0) is 9.59 Å². The first-order valence-corrected chi connectivity index (χ1v) is 5.28. The van der Waals surface area contributed by atoms with Gasteiger partial charge in [-0.1, -0.05) is 0 Å². The van der Waals surface area contributed by atoms with Crippen molar-refractivity contribution >= 4 is 11.8 Å². The maximum absolute atomic E-state index is 11.6. The standard InChI is InChI=1S/C11H17N3O2/c1-3-4-9(12)11(16)14(2)7-10(15)13-8-5-6-8/h1,8-9H,4-7,12H2,2H3,(H,13,15). The molecule has 2 amide bonds. The first-order chi connectivity index (χ1) is 7.54. The molecule has 0 aliphatic heterocycles. The molecular weight excluding hydrogens is 206 g/mol. The van der Waals surface area contributed by atoms with Crippen molar-refractivity contribution in [2.45, 2.75) is 31.3 Å². The fourth-order valence-electron chi connectivity index (χ4n) is 1.29. The fraction of sp³-hybridized carbons (Fsp3) is 0.636. The molecule has 0 spiro atoms. The molecule has 0 saturated heterocycles. The third-order valence-electron chi connectivity index (χ3n) is 2.35. The van der Waals surface area contributed by atoms with Gasteiger partial charge in [-0.2, -0.15) is 0 Å². The van der Waals surface area contributed by atoms with Crippen LogP contribution in [0.1, 0.15) is 19.3 Å². The number of nitrogens with two attached hydrogens (primary N) is 1. The summed E-state index contributed by atoms with van der Waals surface area (Å²) in [4.78, 5) is 24.3. The molecule has 3 N–H and O–H groups in total. The molecule has 0 bridgehead atoms. The number of hydrogen-bond donors (Lipinski definition) is 2. The summed E-state index contributed by atoms with van der Waals surface area (Å²) in [7, 11) is 1.55. The SMILES string of the molecule is C#CCC(N)C(=O)N(C)CC(=O)NC1CC1. The van der Waals surface area contributed by atoms with Crippen LogP contribution in [0.3, 0.4) is 0 Å². The van der Waals surface area contributed by atoms with Crippen LogP contribution in [0.25, 0.3) is 0 Å². The summed E-state index contributed by atoms with van der Waals surface area (Å²) < 4.78 is 0. The maximum Gasteiger partial charge on any atom is 0.240 e. The molecule has 1 atom stereocenters. The molecule has 1 aliphatic carbocycles. The topological polar surface area (TPSA) is 75.4 Å². The summed E-state index contributed by atoms with van der Waals surface area (Å²) in [6.45, 7) is 0.0353. The minimum absolute atomic E-state index is 0.0353. The predicted molar refractivity (Wildman–Crippen MR) is 60.2 cm³/mol. The summed E-state index contributed by atoms with van der Waals surface area (Å²) in [6, 6.07) is -0.417. The van der Waals surface area contributed by atoms with E-state index >= 15 is 0 Å². The number of hydrogen-bond acceptors (Lipinski definition) is 3. The number of likely N-dealkylation sites (N-methyl/N-ethyl adjacent to an activating group) is 1. The second-order valence-electron chi connectivity index (χ2n) is 4.05. The number of nitrogens with zero attached hydrogens (tertiary/aromatic N) is 1. The third-order valence-corrected chi connectivity index (χ3v) is 2.35. The van der Waals surface area contributed by atoms with E-state index in [1.54, 1.807) is 7.05 Å². The van der Waals surface area contributed by atoms with E-state index in [1.807, 2.05) is 0 Å². The lowest BCUT2D eigenvalue weighted by molar-refractivity contribution is -0.135. The molecule has 5 heteroatoms. The van der Waals surface area contributed by atoms with Crippen molar-refractivity contribution in [1.82, 2.24) is 10.2 Å². The Bertz CT molecular complexity index is 318. The predicted octanol–water partition coefficient (Wildman–Crippen LogP) is -0.926. The highest BCUT2D eigenvalue weighted by Gasteiger charge is 2.25. The Morgan fingerprint density at radius 1 is 1.62 bits per heavy atom. The summed E-state index contributed by atoms with van der Waals surface area (Å²) in [5, 5.41) is 2.80. The molecule has 0 aromatic rings. The van der Waals surface area contributed by atoms with Crippen molar-refractivity contribution in [1.29, 1.82) is 0 Å². The van der Waals surface area contributed by atoms with Gasteiger partial charge in [-0.3, -0.25) is 9.59 Å². The van der Waals surface area contributed by atoms with Gasteiger partial charge in [-0.05, 0) is 12.8 Å². The van der Waals surface area contributed by atoms with Crippen molar-refractivity contribution in [3.8, 4) is 12.3 Å². The molecule has 5 nitrogen and oxygen atoms in total. The lowest BCUT2D eigenvalue weighted by Crippen LogP contribution is -2.46. The maximum atomic E-state index is 11.6. The lowest BCUT2D eigenvalue weighted by Gasteiger charge is -2.19. The van der Waals surface area contributed by atoms with E-state index < -0.39 is 6.04 Å². The Morgan fingerprint density at radius 2 is 2.25 bits per heavy atom. The number of carbonyl (C=O) groups is 2. The number of amides is 2. The summed E-state index contributed by atoms with van der Waals surface area (Å²) in [5.74, 6) is 1.88. The van der Waals surface area contributed by atoms with E-state index in [4.69, 9.17) is 12.2 Å². The zero-order valence-corrected chi connectivity index (χ0v) is 9.40. The molecule has 0 radical (unpaired) electrons. The first kappa shape index (κ1) is 12.5. The van der Waals surface area contributed by atoms with E-state index in [0.717, 1.165) is 12.8 Å². The number of rotatable bonds is 5. The minimum Gasteiger partial charge on any atom is -0.352 e. The first-order valence-electron chi connectivity index (χ1n) is 5.28. The van der Waals surface area contributed by atoms with Gasteiger partial charge >= 0.3 is 0 Å². The second-order valence-corrected chi connectivity index (χ2v) is 4.05. The smallest absolute Gasteiger partial charge is 0.240 e. The van der Waals surface area contributed by atoms with E-state index in [9.17, 15) is 9.59 Å². The quantitative estimate of drug-likeness (QED) is 0.591. The van der Waals surface area contributed by atoms with Gasteiger partial charge in [0.1, 0.15) is 0 Å². The highest BCUT2D eigenvalue weighted by molar-refractivity contribution is 5.87. The molecular formula is C11H17N3O2. The molecule has 1 saturated carbocycles. The van der Waals surface area contributed by atoms with E-state index in [2.05, 4.69) is 11.2 Å². The highest BCUT2D eigenvalue weighted by Crippen LogP contribution is 2.18. The number of terminal acetylenes is 1. The monoisotopic (exact) mass is 223 g/mol. The molecule has 1 unspecified atom stereocenters. The Kier molecular flexibility index (Phi) is 4.32. The van der Waals surface area contributed by atoms with Gasteiger partial charge in [0.25, 0.3) is 0 Å². The van der Waals surface area contributed by atoms with Gasteiger partial charge in [0.2, 0.25) is 11.8 Å². The van der Waals surface area contributed by atoms with Crippen LogP contribution in [-0.4, -0.2) is 42.4 Å². The molecule has 1 fully saturated rings. The van der Waals surface area contributed by atoms with Crippen molar-refractivity contribution < 1.29 is 9.59 Å². The van der Waals surface area contributed by atoms with Gasteiger partial charge in [-0.25, -0.2) is 0 Å². The van der Waals surface area contributed by atoms with Gasteiger partial charge in [-0.15, -0.1) is 12.3 Å². The minimum atomic E-state index is -0.719. The Balaban J connectivity index is 2.32. The van der Waals surface area contributed by atoms with Gasteiger partial charge in [0.05, 0.1) is 12.6 Å². The molecule has 1 aliphatic rings. The normalized spacial score (nSPS) is 16.1. The lowest BCUT2D eigenvalue weighted by atomic mass is 10.2. The second kappa shape index (κ2) is 5.52. The summed E-state index contributed by atoms with van der Waals surface area (Å²) in [6.07, 6.45) is 7.31. The van der Waals surface area contributed by atoms with Crippen LogP contribution < -0.4 is 11.1 Å². The van der Waals surface area contributed by atoms with Gasteiger partial charge in [0, 0.05) is 19.5 Å². The molecule has 1 rings (SSSR count). The van der Waals surface area contributed by atoms with E-state index in [-0.39, 0.29) is 24.8 Å².